The minimum Gasteiger partial charge on any atom is -0.396 e. The number of likely N-dealkylation sites (tertiary alicyclic amines) is 1. The van der Waals surface area contributed by atoms with Crippen molar-refractivity contribution in [2.24, 2.45) is 16.8 Å². The lowest BCUT2D eigenvalue weighted by molar-refractivity contribution is 0.245. The predicted molar refractivity (Wildman–Crippen MR) is 114 cm³/mol. The van der Waals surface area contributed by atoms with E-state index in [4.69, 9.17) is 4.99 Å². The van der Waals surface area contributed by atoms with E-state index >= 15 is 0 Å². The lowest BCUT2D eigenvalue weighted by Gasteiger charge is -2.24. The molecule has 0 aromatic heterocycles. The van der Waals surface area contributed by atoms with Gasteiger partial charge in [0.1, 0.15) is 0 Å². The lowest BCUT2D eigenvalue weighted by atomic mass is 9.94. The first-order chi connectivity index (χ1) is 11.1. The molecule has 1 aliphatic heterocycles. The summed E-state index contributed by atoms with van der Waals surface area (Å²) in [6, 6.07) is 0.632. The van der Waals surface area contributed by atoms with Crippen LogP contribution in [0, 0.1) is 11.8 Å². The Morgan fingerprint density at radius 1 is 1.29 bits per heavy atom. The zero-order valence-electron chi connectivity index (χ0n) is 16.1. The normalized spacial score (nSPS) is 20.1. The maximum Gasteiger partial charge on any atom is 0.191 e. The summed E-state index contributed by atoms with van der Waals surface area (Å²) in [5, 5.41) is 16.1. The second-order valence-electron chi connectivity index (χ2n) is 7.03. The molecule has 0 aliphatic carbocycles. The van der Waals surface area contributed by atoms with Crippen LogP contribution >= 0.6 is 24.0 Å². The largest absolute Gasteiger partial charge is 0.396 e. The third kappa shape index (κ3) is 9.42. The monoisotopic (exact) mass is 454 g/mol. The molecule has 0 saturated carbocycles. The molecular formula is C18H39IN4O. The standard InChI is InChI=1S/C18H38N4O.HI/c1-5-19-18(20-13-16(9-11-23)12-15(3)4)21-14-17-8-7-10-22(17)6-2;/h15-17,23H,5-14H2,1-4H3,(H2,19,20,21);1H. The van der Waals surface area contributed by atoms with E-state index in [9.17, 15) is 5.11 Å². The van der Waals surface area contributed by atoms with Crippen molar-refractivity contribution in [2.75, 3.05) is 39.3 Å². The summed E-state index contributed by atoms with van der Waals surface area (Å²) in [7, 11) is 0. The van der Waals surface area contributed by atoms with E-state index in [1.54, 1.807) is 0 Å². The molecule has 2 unspecified atom stereocenters. The number of likely N-dealkylation sites (N-methyl/N-ethyl adjacent to an activating group) is 1. The predicted octanol–water partition coefficient (Wildman–Crippen LogP) is 2.69. The van der Waals surface area contributed by atoms with E-state index in [1.165, 1.54) is 19.4 Å². The molecule has 6 heteroatoms. The molecule has 1 heterocycles. The van der Waals surface area contributed by atoms with Crippen LogP contribution < -0.4 is 10.6 Å². The molecule has 0 amide bonds. The SMILES string of the molecule is CCNC(=NCC(CCO)CC(C)C)NCC1CCCN1CC.I. The maximum absolute atomic E-state index is 9.24. The van der Waals surface area contributed by atoms with Gasteiger partial charge in [0, 0.05) is 32.3 Å². The van der Waals surface area contributed by atoms with Crippen LogP contribution in [0.1, 0.15) is 53.4 Å². The highest BCUT2D eigenvalue weighted by Crippen LogP contribution is 2.16. The smallest absolute Gasteiger partial charge is 0.191 e. The number of guanidine groups is 1. The average molecular weight is 454 g/mol. The summed E-state index contributed by atoms with van der Waals surface area (Å²) in [4.78, 5) is 7.31. The van der Waals surface area contributed by atoms with Crippen molar-refractivity contribution in [2.45, 2.75) is 59.4 Å². The van der Waals surface area contributed by atoms with E-state index < -0.39 is 0 Å². The zero-order valence-corrected chi connectivity index (χ0v) is 18.4. The fraction of sp³-hybridized carbons (Fsp3) is 0.944. The van der Waals surface area contributed by atoms with Crippen molar-refractivity contribution in [3.8, 4) is 0 Å². The Morgan fingerprint density at radius 3 is 2.62 bits per heavy atom. The third-order valence-electron chi connectivity index (χ3n) is 4.60. The number of aliphatic imine (C=N–C) groups is 1. The van der Waals surface area contributed by atoms with Crippen LogP contribution in [-0.4, -0.2) is 61.3 Å². The van der Waals surface area contributed by atoms with Gasteiger partial charge in [-0.2, -0.15) is 0 Å². The molecule has 5 nitrogen and oxygen atoms in total. The molecule has 1 fully saturated rings. The van der Waals surface area contributed by atoms with Crippen molar-refractivity contribution in [3.05, 3.63) is 0 Å². The molecule has 0 aromatic carbocycles. The minimum absolute atomic E-state index is 0. The van der Waals surface area contributed by atoms with Gasteiger partial charge in [-0.15, -0.1) is 24.0 Å². The molecule has 24 heavy (non-hydrogen) atoms. The third-order valence-corrected chi connectivity index (χ3v) is 4.60. The average Bonchev–Trinajstić information content (AvgIpc) is 2.97. The van der Waals surface area contributed by atoms with Gasteiger partial charge in [0.05, 0.1) is 0 Å². The van der Waals surface area contributed by atoms with Crippen LogP contribution in [0.15, 0.2) is 4.99 Å². The van der Waals surface area contributed by atoms with Gasteiger partial charge in [0.25, 0.3) is 0 Å². The first-order valence-corrected chi connectivity index (χ1v) is 9.47. The minimum atomic E-state index is 0. The highest BCUT2D eigenvalue weighted by atomic mass is 127. The van der Waals surface area contributed by atoms with Crippen LogP contribution in [0.25, 0.3) is 0 Å². The lowest BCUT2D eigenvalue weighted by Crippen LogP contribution is -2.45. The van der Waals surface area contributed by atoms with Gasteiger partial charge >= 0.3 is 0 Å². The van der Waals surface area contributed by atoms with Crippen molar-refractivity contribution >= 4 is 29.9 Å². The van der Waals surface area contributed by atoms with Gasteiger partial charge in [-0.1, -0.05) is 20.8 Å². The molecular weight excluding hydrogens is 415 g/mol. The number of hydrogen-bond donors (Lipinski definition) is 3. The Balaban J connectivity index is 0.00000529. The number of nitrogens with zero attached hydrogens (tertiary/aromatic N) is 2. The van der Waals surface area contributed by atoms with Gasteiger partial charge in [-0.3, -0.25) is 9.89 Å². The number of aliphatic hydroxyl groups excluding tert-OH is 1. The second kappa shape index (κ2) is 14.1. The maximum atomic E-state index is 9.24. The quantitative estimate of drug-likeness (QED) is 0.270. The summed E-state index contributed by atoms with van der Waals surface area (Å²) >= 11 is 0. The molecule has 0 aromatic rings. The summed E-state index contributed by atoms with van der Waals surface area (Å²) in [6.07, 6.45) is 4.55. The van der Waals surface area contributed by atoms with Crippen LogP contribution in [0.2, 0.25) is 0 Å². The molecule has 1 rings (SSSR count). The molecule has 0 bridgehead atoms. The summed E-state index contributed by atoms with van der Waals surface area (Å²) < 4.78 is 0. The Morgan fingerprint density at radius 2 is 2.04 bits per heavy atom. The van der Waals surface area contributed by atoms with E-state index in [-0.39, 0.29) is 30.6 Å². The van der Waals surface area contributed by atoms with Gasteiger partial charge in [0.2, 0.25) is 0 Å². The van der Waals surface area contributed by atoms with Crippen molar-refractivity contribution in [3.63, 3.8) is 0 Å². The van der Waals surface area contributed by atoms with Crippen molar-refractivity contribution in [1.82, 2.24) is 15.5 Å². The number of rotatable bonds is 10. The van der Waals surface area contributed by atoms with Gasteiger partial charge in [-0.25, -0.2) is 0 Å². The topological polar surface area (TPSA) is 59.9 Å². The molecule has 144 valence electrons. The number of aliphatic hydroxyl groups is 1. The first-order valence-electron chi connectivity index (χ1n) is 9.47. The van der Waals surface area contributed by atoms with E-state index in [0.717, 1.165) is 45.0 Å². The summed E-state index contributed by atoms with van der Waals surface area (Å²) in [6.45, 7) is 14.1. The highest BCUT2D eigenvalue weighted by molar-refractivity contribution is 14.0. The van der Waals surface area contributed by atoms with Gasteiger partial charge in [0.15, 0.2) is 5.96 Å². The molecule has 2 atom stereocenters. The molecule has 0 spiro atoms. The number of nitrogens with one attached hydrogen (secondary N) is 2. The first kappa shape index (κ1) is 23.9. The Hall–Kier alpha value is -0.0800. The fourth-order valence-electron chi connectivity index (χ4n) is 3.45. The highest BCUT2D eigenvalue weighted by Gasteiger charge is 2.22. The van der Waals surface area contributed by atoms with Crippen LogP contribution in [-0.2, 0) is 0 Å². The number of hydrogen-bond acceptors (Lipinski definition) is 3. The van der Waals surface area contributed by atoms with Crippen LogP contribution in [0.4, 0.5) is 0 Å². The zero-order chi connectivity index (χ0) is 17.1. The van der Waals surface area contributed by atoms with E-state index in [0.29, 0.717) is 17.9 Å². The fourth-order valence-corrected chi connectivity index (χ4v) is 3.45. The second-order valence-corrected chi connectivity index (χ2v) is 7.03. The van der Waals surface area contributed by atoms with E-state index in [2.05, 4.69) is 43.2 Å². The number of halogens is 1. The summed E-state index contributed by atoms with van der Waals surface area (Å²) in [5.74, 6) is 2.03. The molecule has 1 aliphatic rings. The van der Waals surface area contributed by atoms with Crippen LogP contribution in [0.5, 0.6) is 0 Å². The van der Waals surface area contributed by atoms with Crippen molar-refractivity contribution in [1.29, 1.82) is 0 Å². The summed E-state index contributed by atoms with van der Waals surface area (Å²) in [5.41, 5.74) is 0. The van der Waals surface area contributed by atoms with E-state index in [1.807, 2.05) is 0 Å². The Labute approximate surface area is 166 Å². The molecule has 0 radical (unpaired) electrons. The Kier molecular flexibility index (Phi) is 14.1. The van der Waals surface area contributed by atoms with Crippen LogP contribution in [0.3, 0.4) is 0 Å². The van der Waals surface area contributed by atoms with Gasteiger partial charge in [-0.05, 0) is 57.5 Å². The van der Waals surface area contributed by atoms with Crippen molar-refractivity contribution < 1.29 is 5.11 Å². The Bertz CT molecular complexity index is 339. The molecule has 3 N–H and O–H groups in total. The van der Waals surface area contributed by atoms with Gasteiger partial charge < -0.3 is 15.7 Å². The molecule has 1 saturated heterocycles.